The Morgan fingerprint density at radius 2 is 1.87 bits per heavy atom. The molecular formula is C19H22N4O4S3. The third-order valence-corrected chi connectivity index (χ3v) is 6.87. The van der Waals surface area contributed by atoms with E-state index in [9.17, 15) is 13.2 Å². The van der Waals surface area contributed by atoms with Crippen molar-refractivity contribution in [3.05, 3.63) is 61.5 Å². The minimum atomic E-state index is -4.32. The van der Waals surface area contributed by atoms with Gasteiger partial charge < -0.3 is 5.32 Å². The summed E-state index contributed by atoms with van der Waals surface area (Å²) in [5.41, 5.74) is 2.90. The number of benzene rings is 1. The molecule has 8 nitrogen and oxygen atoms in total. The summed E-state index contributed by atoms with van der Waals surface area (Å²) in [5.74, 6) is -0.107. The number of amides is 1. The van der Waals surface area contributed by atoms with Gasteiger partial charge in [-0.05, 0) is 44.9 Å². The number of carbonyl (C=O) groups is 1. The number of hydrogen-bond acceptors (Lipinski definition) is 7. The van der Waals surface area contributed by atoms with Gasteiger partial charge in [-0.3, -0.25) is 14.1 Å². The highest BCUT2D eigenvalue weighted by Crippen LogP contribution is 2.24. The van der Waals surface area contributed by atoms with Gasteiger partial charge in [0.25, 0.3) is 0 Å². The van der Waals surface area contributed by atoms with E-state index in [0.29, 0.717) is 6.42 Å². The summed E-state index contributed by atoms with van der Waals surface area (Å²) in [6.07, 6.45) is 0.751. The maximum absolute atomic E-state index is 12.7. The Morgan fingerprint density at radius 3 is 2.40 bits per heavy atom. The molecule has 0 aliphatic heterocycles. The summed E-state index contributed by atoms with van der Waals surface area (Å²) in [6, 6.07) is 6.27. The summed E-state index contributed by atoms with van der Waals surface area (Å²) < 4.78 is 32.8. The van der Waals surface area contributed by atoms with Crippen LogP contribution >= 0.6 is 22.7 Å². The molecule has 160 valence electrons. The van der Waals surface area contributed by atoms with E-state index in [1.165, 1.54) is 22.7 Å². The maximum atomic E-state index is 12.7. The SMILES string of the molecule is Cc1csc([C@H](Cc2ccc(NS(=O)(=O)O)cc2)NC(=O)Cc2sc(C)nc2C)n1. The molecule has 0 saturated heterocycles. The van der Waals surface area contributed by atoms with Crippen LogP contribution in [0.1, 0.15) is 37.9 Å². The van der Waals surface area contributed by atoms with Crippen molar-refractivity contribution in [2.75, 3.05) is 4.72 Å². The predicted octanol–water partition coefficient (Wildman–Crippen LogP) is 3.38. The lowest BCUT2D eigenvalue weighted by Crippen LogP contribution is -2.31. The molecule has 1 aromatic carbocycles. The molecule has 1 atom stereocenters. The molecule has 0 unspecified atom stereocenters. The van der Waals surface area contributed by atoms with E-state index in [4.69, 9.17) is 4.55 Å². The Bertz CT molecular complexity index is 1140. The highest BCUT2D eigenvalue weighted by atomic mass is 32.2. The van der Waals surface area contributed by atoms with E-state index in [2.05, 4.69) is 15.3 Å². The number of nitrogens with zero attached hydrogens (tertiary/aromatic N) is 2. The zero-order valence-corrected chi connectivity index (χ0v) is 19.1. The first-order valence-corrected chi connectivity index (χ1v) is 12.2. The van der Waals surface area contributed by atoms with Gasteiger partial charge in [0.05, 0.1) is 28.9 Å². The first-order chi connectivity index (χ1) is 14.1. The Hall–Kier alpha value is -2.34. The van der Waals surface area contributed by atoms with Crippen LogP contribution in [0.2, 0.25) is 0 Å². The first-order valence-electron chi connectivity index (χ1n) is 9.07. The van der Waals surface area contributed by atoms with Crippen molar-refractivity contribution in [1.82, 2.24) is 15.3 Å². The average Bonchev–Trinajstić information content (AvgIpc) is 3.20. The molecule has 3 N–H and O–H groups in total. The van der Waals surface area contributed by atoms with Gasteiger partial charge in [-0.15, -0.1) is 22.7 Å². The van der Waals surface area contributed by atoms with Crippen molar-refractivity contribution < 1.29 is 17.8 Å². The van der Waals surface area contributed by atoms with Crippen molar-refractivity contribution in [3.8, 4) is 0 Å². The molecule has 0 spiro atoms. The number of anilines is 1. The molecule has 30 heavy (non-hydrogen) atoms. The van der Waals surface area contributed by atoms with Crippen LogP contribution in [-0.4, -0.2) is 28.8 Å². The molecule has 3 rings (SSSR count). The Balaban J connectivity index is 1.74. The quantitative estimate of drug-likeness (QED) is 0.438. The van der Waals surface area contributed by atoms with E-state index >= 15 is 0 Å². The second kappa shape index (κ2) is 9.21. The van der Waals surface area contributed by atoms with Crippen molar-refractivity contribution in [2.24, 2.45) is 0 Å². The maximum Gasteiger partial charge on any atom is 0.357 e. The van der Waals surface area contributed by atoms with Crippen molar-refractivity contribution in [1.29, 1.82) is 0 Å². The lowest BCUT2D eigenvalue weighted by molar-refractivity contribution is -0.121. The smallest absolute Gasteiger partial charge is 0.346 e. The molecule has 0 fully saturated rings. The number of rotatable bonds is 8. The molecule has 2 heterocycles. The molecule has 2 aromatic heterocycles. The van der Waals surface area contributed by atoms with E-state index in [0.717, 1.165) is 31.8 Å². The number of carbonyl (C=O) groups excluding carboxylic acids is 1. The lowest BCUT2D eigenvalue weighted by Gasteiger charge is -2.17. The predicted molar refractivity (Wildman–Crippen MR) is 118 cm³/mol. The average molecular weight is 467 g/mol. The largest absolute Gasteiger partial charge is 0.357 e. The molecule has 0 aliphatic carbocycles. The third kappa shape index (κ3) is 6.33. The summed E-state index contributed by atoms with van der Waals surface area (Å²) in [4.78, 5) is 22.5. The van der Waals surface area contributed by atoms with Crippen LogP contribution in [0.3, 0.4) is 0 Å². The van der Waals surface area contributed by atoms with Gasteiger partial charge in [0.1, 0.15) is 5.01 Å². The topological polar surface area (TPSA) is 121 Å². The second-order valence-corrected chi connectivity index (χ2v) is 10.2. The zero-order chi connectivity index (χ0) is 21.9. The van der Waals surface area contributed by atoms with Crippen LogP contribution in [0.25, 0.3) is 0 Å². The molecule has 0 saturated carbocycles. The summed E-state index contributed by atoms with van der Waals surface area (Å²) in [6.45, 7) is 5.72. The van der Waals surface area contributed by atoms with Crippen molar-refractivity contribution >= 4 is 44.6 Å². The van der Waals surface area contributed by atoms with Gasteiger partial charge in [-0.2, -0.15) is 8.42 Å². The Kier molecular flexibility index (Phi) is 6.86. The molecule has 0 aliphatic rings. The van der Waals surface area contributed by atoms with Crippen LogP contribution in [0.4, 0.5) is 5.69 Å². The molecule has 11 heteroatoms. The number of aryl methyl sites for hydroxylation is 3. The molecule has 0 bridgehead atoms. The van der Waals surface area contributed by atoms with E-state index in [1.54, 1.807) is 24.3 Å². The van der Waals surface area contributed by atoms with Crippen LogP contribution in [0.5, 0.6) is 0 Å². The van der Waals surface area contributed by atoms with Crippen LogP contribution in [0, 0.1) is 20.8 Å². The molecular weight excluding hydrogens is 444 g/mol. The van der Waals surface area contributed by atoms with E-state index < -0.39 is 10.3 Å². The van der Waals surface area contributed by atoms with Crippen molar-refractivity contribution in [2.45, 2.75) is 39.7 Å². The monoisotopic (exact) mass is 466 g/mol. The minimum Gasteiger partial charge on any atom is -0.346 e. The van der Waals surface area contributed by atoms with Gasteiger partial charge in [-0.1, -0.05) is 12.1 Å². The summed E-state index contributed by atoms with van der Waals surface area (Å²) >= 11 is 3.00. The highest BCUT2D eigenvalue weighted by Gasteiger charge is 2.20. The van der Waals surface area contributed by atoms with Crippen LogP contribution in [-0.2, 0) is 27.9 Å². The van der Waals surface area contributed by atoms with Crippen molar-refractivity contribution in [3.63, 3.8) is 0 Å². The second-order valence-electron chi connectivity index (χ2n) is 6.84. The lowest BCUT2D eigenvalue weighted by atomic mass is 10.1. The number of nitrogens with one attached hydrogen (secondary N) is 2. The fourth-order valence-electron chi connectivity index (χ4n) is 2.95. The van der Waals surface area contributed by atoms with E-state index in [-0.39, 0.29) is 24.1 Å². The van der Waals surface area contributed by atoms with Gasteiger partial charge in [0, 0.05) is 16.0 Å². The Morgan fingerprint density at radius 1 is 1.17 bits per heavy atom. The molecule has 3 aromatic rings. The third-order valence-electron chi connectivity index (χ3n) is 4.23. The first kappa shape index (κ1) is 22.3. The van der Waals surface area contributed by atoms with Gasteiger partial charge in [0.2, 0.25) is 5.91 Å². The van der Waals surface area contributed by atoms with Crippen LogP contribution in [0.15, 0.2) is 29.6 Å². The fourth-order valence-corrected chi connectivity index (χ4v) is 5.17. The standard InChI is InChI=1S/C19H22N4O4S3/c1-11-10-28-19(20-11)16(22-18(24)9-17-12(2)21-13(3)29-17)8-14-4-6-15(7-5-14)23-30(25,26)27/h4-7,10,16,23H,8-9H2,1-3H3,(H,22,24)(H,25,26,27)/t16-/m0/s1. The molecule has 1 amide bonds. The van der Waals surface area contributed by atoms with Gasteiger partial charge >= 0.3 is 10.3 Å². The van der Waals surface area contributed by atoms with Crippen LogP contribution < -0.4 is 10.0 Å². The number of thiazole rings is 2. The number of aromatic nitrogens is 2. The highest BCUT2D eigenvalue weighted by molar-refractivity contribution is 7.87. The van der Waals surface area contributed by atoms with Gasteiger partial charge in [0.15, 0.2) is 0 Å². The zero-order valence-electron chi connectivity index (χ0n) is 16.7. The summed E-state index contributed by atoms with van der Waals surface area (Å²) in [7, 11) is -4.32. The number of hydrogen-bond donors (Lipinski definition) is 3. The molecule has 0 radical (unpaired) electrons. The minimum absolute atomic E-state index is 0.107. The van der Waals surface area contributed by atoms with E-state index in [1.807, 2.05) is 30.9 Å². The summed E-state index contributed by atoms with van der Waals surface area (Å²) in [5, 5.41) is 6.74. The fraction of sp³-hybridized carbons (Fsp3) is 0.316. The van der Waals surface area contributed by atoms with Gasteiger partial charge in [-0.25, -0.2) is 9.97 Å². The normalized spacial score (nSPS) is 12.5. The Labute approximate surface area is 183 Å².